The van der Waals surface area contributed by atoms with Gasteiger partial charge in [0.2, 0.25) is 11.8 Å². The van der Waals surface area contributed by atoms with E-state index >= 15 is 0 Å². The number of rotatable bonds is 18. The minimum absolute atomic E-state index is 0.0787. The zero-order chi connectivity index (χ0) is 30.1. The predicted molar refractivity (Wildman–Crippen MR) is 149 cm³/mol. The maximum absolute atomic E-state index is 12.9. The highest BCUT2D eigenvalue weighted by molar-refractivity contribution is 5.91. The van der Waals surface area contributed by atoms with Gasteiger partial charge in [-0.05, 0) is 37.7 Å². The lowest BCUT2D eigenvalue weighted by molar-refractivity contribution is -0.134. The van der Waals surface area contributed by atoms with Crippen molar-refractivity contribution in [1.82, 2.24) is 26.6 Å². The van der Waals surface area contributed by atoms with E-state index in [-0.39, 0.29) is 31.3 Å². The minimum Gasteiger partial charge on any atom is -0.449 e. The molecule has 4 atom stereocenters. The second-order valence-electron chi connectivity index (χ2n) is 9.78. The van der Waals surface area contributed by atoms with Crippen molar-refractivity contribution in [3.05, 3.63) is 48.3 Å². The second kappa shape index (κ2) is 18.4. The Morgan fingerprint density at radius 3 is 2.23 bits per heavy atom. The minimum atomic E-state index is -1.56. The van der Waals surface area contributed by atoms with Crippen molar-refractivity contribution >= 4 is 23.8 Å². The van der Waals surface area contributed by atoms with Crippen LogP contribution in [0.3, 0.4) is 0 Å². The molecule has 0 bridgehead atoms. The predicted octanol–water partition coefficient (Wildman–Crippen LogP) is -0.761. The van der Waals surface area contributed by atoms with Gasteiger partial charge >= 0.3 is 6.09 Å². The number of hydrogen-bond acceptors (Lipinski definition) is 9. The SMILES string of the molecule is C=C(N)NCCCC(NC(=O)C(C)NC(=O)C(CO)NC(=O)OCC(C)C)C(O)C(=O)NCCc1ccccc1. The lowest BCUT2D eigenvalue weighted by Crippen LogP contribution is -2.57. The molecule has 0 aliphatic carbocycles. The summed E-state index contributed by atoms with van der Waals surface area (Å²) in [7, 11) is 0. The first-order valence-electron chi connectivity index (χ1n) is 13.3. The van der Waals surface area contributed by atoms with Crippen LogP contribution in [0.15, 0.2) is 42.7 Å². The Labute approximate surface area is 235 Å². The van der Waals surface area contributed by atoms with Crippen molar-refractivity contribution in [2.75, 3.05) is 26.3 Å². The fraction of sp³-hybridized carbons (Fsp3) is 0.556. The summed E-state index contributed by atoms with van der Waals surface area (Å²) in [4.78, 5) is 49.9. The van der Waals surface area contributed by atoms with Crippen molar-refractivity contribution in [2.45, 2.75) is 64.3 Å². The Bertz CT molecular complexity index is 960. The summed E-state index contributed by atoms with van der Waals surface area (Å²) in [5.41, 5.74) is 6.52. The fourth-order valence-electron chi connectivity index (χ4n) is 3.45. The number of carbonyl (C=O) groups excluding carboxylic acids is 4. The Morgan fingerprint density at radius 2 is 1.62 bits per heavy atom. The number of carbonyl (C=O) groups is 4. The molecular weight excluding hydrogens is 520 g/mol. The third kappa shape index (κ3) is 13.8. The molecule has 0 aliphatic rings. The van der Waals surface area contributed by atoms with Crippen LogP contribution in [0, 0.1) is 5.92 Å². The first-order chi connectivity index (χ1) is 18.9. The number of amides is 4. The molecule has 0 aromatic heterocycles. The highest BCUT2D eigenvalue weighted by atomic mass is 16.5. The van der Waals surface area contributed by atoms with Gasteiger partial charge in [-0.15, -0.1) is 0 Å². The third-order valence-electron chi connectivity index (χ3n) is 5.67. The molecule has 0 spiro atoms. The van der Waals surface area contributed by atoms with Crippen molar-refractivity contribution < 1.29 is 34.1 Å². The first-order valence-corrected chi connectivity index (χ1v) is 13.3. The maximum atomic E-state index is 12.9. The largest absolute Gasteiger partial charge is 0.449 e. The molecule has 0 aliphatic heterocycles. The average Bonchev–Trinajstić information content (AvgIpc) is 2.91. The van der Waals surface area contributed by atoms with Gasteiger partial charge in [0, 0.05) is 13.1 Å². The van der Waals surface area contributed by atoms with Crippen LogP contribution in [0.5, 0.6) is 0 Å². The van der Waals surface area contributed by atoms with Gasteiger partial charge in [-0.1, -0.05) is 50.8 Å². The molecule has 0 radical (unpaired) electrons. The zero-order valence-corrected chi connectivity index (χ0v) is 23.4. The molecule has 1 aromatic carbocycles. The Balaban J connectivity index is 2.74. The summed E-state index contributed by atoms with van der Waals surface area (Å²) in [5, 5.41) is 33.0. The molecule has 0 heterocycles. The molecular formula is C27H44N6O7. The lowest BCUT2D eigenvalue weighted by atomic mass is 10.0. The molecule has 1 aromatic rings. The van der Waals surface area contributed by atoms with E-state index in [2.05, 4.69) is 33.2 Å². The van der Waals surface area contributed by atoms with E-state index < -0.39 is 54.7 Å². The number of aliphatic hydroxyl groups is 2. The summed E-state index contributed by atoms with van der Waals surface area (Å²) < 4.78 is 4.95. The monoisotopic (exact) mass is 564 g/mol. The molecule has 4 amide bonds. The van der Waals surface area contributed by atoms with Gasteiger partial charge in [0.25, 0.3) is 5.91 Å². The Kier molecular flexibility index (Phi) is 15.8. The van der Waals surface area contributed by atoms with Crippen LogP contribution in [-0.2, 0) is 25.5 Å². The highest BCUT2D eigenvalue weighted by Gasteiger charge is 2.30. The molecule has 13 nitrogen and oxygen atoms in total. The van der Waals surface area contributed by atoms with Crippen LogP contribution in [0.2, 0.25) is 0 Å². The quantitative estimate of drug-likeness (QED) is 0.105. The fourth-order valence-corrected chi connectivity index (χ4v) is 3.45. The van der Waals surface area contributed by atoms with Gasteiger partial charge in [0.15, 0.2) is 6.10 Å². The van der Waals surface area contributed by atoms with Gasteiger partial charge in [0.05, 0.1) is 25.1 Å². The third-order valence-corrected chi connectivity index (χ3v) is 5.67. The number of nitrogens with one attached hydrogen (secondary N) is 5. The summed E-state index contributed by atoms with van der Waals surface area (Å²) in [6, 6.07) is 6.07. The van der Waals surface area contributed by atoms with Crippen molar-refractivity contribution in [3.63, 3.8) is 0 Å². The van der Waals surface area contributed by atoms with Crippen LogP contribution in [0.4, 0.5) is 4.79 Å². The standard InChI is InChI=1S/C27H44N6O7/c1-17(2)16-40-27(39)33-22(15-34)25(37)31-18(3)24(36)32-21(11-8-13-29-19(4)28)23(35)26(38)30-14-12-20-9-6-5-7-10-20/h5-7,9-10,17-18,21-23,29,34-35H,4,8,11-16,28H2,1-3H3,(H,30,38)(H,31,37)(H,32,36)(H,33,39). The van der Waals surface area contributed by atoms with Crippen LogP contribution < -0.4 is 32.3 Å². The number of hydrogen-bond donors (Lipinski definition) is 8. The van der Waals surface area contributed by atoms with E-state index in [0.717, 1.165) is 5.56 Å². The van der Waals surface area contributed by atoms with Crippen molar-refractivity contribution in [1.29, 1.82) is 0 Å². The molecule has 0 saturated heterocycles. The van der Waals surface area contributed by atoms with Gasteiger partial charge < -0.3 is 47.3 Å². The zero-order valence-electron chi connectivity index (χ0n) is 23.4. The molecule has 13 heteroatoms. The molecule has 0 fully saturated rings. The molecule has 4 unspecified atom stereocenters. The van der Waals surface area contributed by atoms with E-state index in [1.165, 1.54) is 6.92 Å². The first kappa shape index (κ1) is 34.2. The Hall–Kier alpha value is -3.84. The summed E-state index contributed by atoms with van der Waals surface area (Å²) >= 11 is 0. The van der Waals surface area contributed by atoms with Crippen LogP contribution in [0.25, 0.3) is 0 Å². The Morgan fingerprint density at radius 1 is 0.950 bits per heavy atom. The topological polar surface area (TPSA) is 204 Å². The van der Waals surface area contributed by atoms with Crippen molar-refractivity contribution in [2.24, 2.45) is 11.7 Å². The summed E-state index contributed by atoms with van der Waals surface area (Å²) in [6.07, 6.45) is -1.23. The smallest absolute Gasteiger partial charge is 0.407 e. The van der Waals surface area contributed by atoms with Gasteiger partial charge in [-0.2, -0.15) is 0 Å². The van der Waals surface area contributed by atoms with E-state index in [0.29, 0.717) is 19.4 Å². The van der Waals surface area contributed by atoms with Crippen LogP contribution in [-0.4, -0.2) is 84.6 Å². The average molecular weight is 565 g/mol. The van der Waals surface area contributed by atoms with E-state index in [1.807, 2.05) is 44.2 Å². The number of benzene rings is 1. The van der Waals surface area contributed by atoms with Crippen LogP contribution >= 0.6 is 0 Å². The van der Waals surface area contributed by atoms with Crippen molar-refractivity contribution in [3.8, 4) is 0 Å². The van der Waals surface area contributed by atoms with E-state index in [9.17, 15) is 29.4 Å². The molecule has 1 rings (SSSR count). The highest BCUT2D eigenvalue weighted by Crippen LogP contribution is 2.06. The molecule has 40 heavy (non-hydrogen) atoms. The number of nitrogens with two attached hydrogens (primary N) is 1. The summed E-state index contributed by atoms with van der Waals surface area (Å²) in [5.74, 6) is -1.80. The van der Waals surface area contributed by atoms with E-state index in [4.69, 9.17) is 10.5 Å². The van der Waals surface area contributed by atoms with E-state index in [1.54, 1.807) is 0 Å². The number of aliphatic hydroxyl groups excluding tert-OH is 2. The van der Waals surface area contributed by atoms with Gasteiger partial charge in [0.1, 0.15) is 12.1 Å². The second-order valence-corrected chi connectivity index (χ2v) is 9.78. The summed E-state index contributed by atoms with van der Waals surface area (Å²) in [6.45, 7) is 8.71. The molecule has 9 N–H and O–H groups in total. The normalized spacial score (nSPS) is 13.8. The van der Waals surface area contributed by atoms with Crippen LogP contribution in [0.1, 0.15) is 39.2 Å². The number of alkyl carbamates (subject to hydrolysis) is 1. The number of ether oxygens (including phenoxy) is 1. The lowest BCUT2D eigenvalue weighted by Gasteiger charge is -2.26. The van der Waals surface area contributed by atoms with Gasteiger partial charge in [-0.3, -0.25) is 14.4 Å². The molecule has 0 saturated carbocycles. The maximum Gasteiger partial charge on any atom is 0.407 e. The van der Waals surface area contributed by atoms with Gasteiger partial charge in [-0.25, -0.2) is 4.79 Å². The molecule has 224 valence electrons.